The van der Waals surface area contributed by atoms with Crippen molar-refractivity contribution in [1.29, 1.82) is 0 Å². The fraction of sp³-hybridized carbons (Fsp3) is 0.143. The Labute approximate surface area is 109 Å². The van der Waals surface area contributed by atoms with E-state index in [9.17, 15) is 9.59 Å². The number of carbonyl (C=O) groups is 2. The van der Waals surface area contributed by atoms with Gasteiger partial charge in [-0.15, -0.1) is 0 Å². The summed E-state index contributed by atoms with van der Waals surface area (Å²) in [5, 5.41) is 0. The summed E-state index contributed by atoms with van der Waals surface area (Å²) >= 11 is 0. The van der Waals surface area contributed by atoms with E-state index in [0.717, 1.165) is 0 Å². The molecule has 0 N–H and O–H groups in total. The molecule has 0 saturated carbocycles. The van der Waals surface area contributed by atoms with Crippen molar-refractivity contribution in [2.24, 2.45) is 0 Å². The lowest BCUT2D eigenvalue weighted by Gasteiger charge is -2.07. The Morgan fingerprint density at radius 1 is 1.21 bits per heavy atom. The van der Waals surface area contributed by atoms with Crippen LogP contribution in [0, 0.1) is 0 Å². The Bertz CT molecular complexity index is 626. The maximum Gasteiger partial charge on any atom is 0.347 e. The van der Waals surface area contributed by atoms with Crippen LogP contribution in [0.5, 0.6) is 5.75 Å². The van der Waals surface area contributed by atoms with Crippen molar-refractivity contribution in [1.82, 2.24) is 0 Å². The first-order valence-electron chi connectivity index (χ1n) is 5.72. The second-order valence-electron chi connectivity index (χ2n) is 4.18. The van der Waals surface area contributed by atoms with E-state index in [-0.39, 0.29) is 0 Å². The maximum absolute atomic E-state index is 11.7. The van der Waals surface area contributed by atoms with E-state index in [4.69, 9.17) is 14.2 Å². The summed E-state index contributed by atoms with van der Waals surface area (Å²) in [5.74, 6) is -0.401. The van der Waals surface area contributed by atoms with Gasteiger partial charge in [0.2, 0.25) is 0 Å². The van der Waals surface area contributed by atoms with Gasteiger partial charge in [0.15, 0.2) is 0 Å². The molecule has 0 saturated heterocycles. The third-order valence-electron chi connectivity index (χ3n) is 2.85. The highest BCUT2D eigenvalue weighted by atomic mass is 16.7. The molecule has 0 spiro atoms. The van der Waals surface area contributed by atoms with Gasteiger partial charge in [-0.25, -0.2) is 9.59 Å². The number of fused-ring (bicyclic) bond motifs is 1. The van der Waals surface area contributed by atoms with Gasteiger partial charge >= 0.3 is 11.9 Å². The average Bonchev–Trinajstić information content (AvgIpc) is 2.87. The van der Waals surface area contributed by atoms with Crippen molar-refractivity contribution < 1.29 is 23.8 Å². The number of para-hydroxylation sites is 1. The summed E-state index contributed by atoms with van der Waals surface area (Å²) in [7, 11) is 0. The standard InChI is InChI=1S/C14H10O5/c1-8-6-12(19-13(8)15)17-7-10-9-4-2-3-5-11(9)18-14(10)16/h2-7,12H,1H3/b10-7+/t12-/m0/s1. The van der Waals surface area contributed by atoms with E-state index in [1.54, 1.807) is 37.3 Å². The molecule has 0 radical (unpaired) electrons. The van der Waals surface area contributed by atoms with Crippen LogP contribution in [0.3, 0.4) is 0 Å². The monoisotopic (exact) mass is 258 g/mol. The van der Waals surface area contributed by atoms with Crippen molar-refractivity contribution in [2.45, 2.75) is 13.2 Å². The lowest BCUT2D eigenvalue weighted by atomic mass is 10.1. The minimum atomic E-state index is -0.791. The van der Waals surface area contributed by atoms with Crippen LogP contribution in [0.4, 0.5) is 0 Å². The topological polar surface area (TPSA) is 61.8 Å². The summed E-state index contributed by atoms with van der Waals surface area (Å²) in [5.41, 5.74) is 1.46. The highest BCUT2D eigenvalue weighted by molar-refractivity contribution is 6.21. The molecule has 1 aromatic carbocycles. The molecule has 1 aromatic rings. The highest BCUT2D eigenvalue weighted by Gasteiger charge is 2.28. The number of rotatable bonds is 2. The summed E-state index contributed by atoms with van der Waals surface area (Å²) in [6.07, 6.45) is 2.02. The Kier molecular flexibility index (Phi) is 2.59. The summed E-state index contributed by atoms with van der Waals surface area (Å²) < 4.78 is 15.2. The first-order chi connectivity index (χ1) is 9.15. The molecule has 1 atom stereocenters. The van der Waals surface area contributed by atoms with Gasteiger partial charge in [0.1, 0.15) is 17.6 Å². The van der Waals surface area contributed by atoms with Crippen molar-refractivity contribution in [3.63, 3.8) is 0 Å². The SMILES string of the molecule is CC1=C[C@@H](O/C=C2/C(=O)Oc3ccccc32)OC1=O. The molecule has 2 aliphatic rings. The predicted octanol–water partition coefficient (Wildman–Crippen LogP) is 1.79. The Balaban J connectivity index is 1.82. The number of carbonyl (C=O) groups excluding carboxylic acids is 2. The molecule has 0 amide bonds. The lowest BCUT2D eigenvalue weighted by molar-refractivity contribution is -0.152. The molecule has 3 rings (SSSR count). The molecule has 2 aliphatic heterocycles. The number of cyclic esters (lactones) is 1. The molecular formula is C14H10O5. The number of hydrogen-bond donors (Lipinski definition) is 0. The summed E-state index contributed by atoms with van der Waals surface area (Å²) in [4.78, 5) is 22.8. The fourth-order valence-corrected chi connectivity index (χ4v) is 1.86. The number of ether oxygens (including phenoxy) is 3. The maximum atomic E-state index is 11.7. The van der Waals surface area contributed by atoms with Crippen LogP contribution in [-0.4, -0.2) is 18.2 Å². The summed E-state index contributed by atoms with van der Waals surface area (Å²) in [6.45, 7) is 1.64. The third kappa shape index (κ3) is 1.99. The minimum Gasteiger partial charge on any atom is -0.458 e. The van der Waals surface area contributed by atoms with Crippen LogP contribution >= 0.6 is 0 Å². The van der Waals surface area contributed by atoms with E-state index in [1.807, 2.05) is 0 Å². The molecule has 19 heavy (non-hydrogen) atoms. The smallest absolute Gasteiger partial charge is 0.347 e. The van der Waals surface area contributed by atoms with E-state index < -0.39 is 18.2 Å². The van der Waals surface area contributed by atoms with Gasteiger partial charge in [-0.05, 0) is 13.0 Å². The van der Waals surface area contributed by atoms with E-state index in [1.165, 1.54) is 6.26 Å². The van der Waals surface area contributed by atoms with E-state index >= 15 is 0 Å². The summed E-state index contributed by atoms with van der Waals surface area (Å²) in [6, 6.07) is 7.04. The van der Waals surface area contributed by atoms with Crippen molar-refractivity contribution >= 4 is 17.5 Å². The van der Waals surface area contributed by atoms with Crippen LogP contribution in [0.1, 0.15) is 12.5 Å². The predicted molar refractivity (Wildman–Crippen MR) is 64.8 cm³/mol. The first kappa shape index (κ1) is 11.5. The largest absolute Gasteiger partial charge is 0.458 e. The minimum absolute atomic E-state index is 0.310. The molecule has 5 heteroatoms. The van der Waals surface area contributed by atoms with Gasteiger partial charge < -0.3 is 14.2 Å². The molecule has 0 unspecified atom stereocenters. The molecule has 96 valence electrons. The Morgan fingerprint density at radius 2 is 2.00 bits per heavy atom. The normalized spacial score (nSPS) is 22.9. The molecule has 0 fully saturated rings. The number of esters is 2. The van der Waals surface area contributed by atoms with Crippen LogP contribution < -0.4 is 4.74 Å². The van der Waals surface area contributed by atoms with Gasteiger partial charge in [-0.2, -0.15) is 0 Å². The fourth-order valence-electron chi connectivity index (χ4n) is 1.86. The second-order valence-corrected chi connectivity index (χ2v) is 4.18. The molecule has 0 aliphatic carbocycles. The first-order valence-corrected chi connectivity index (χ1v) is 5.72. The van der Waals surface area contributed by atoms with Crippen LogP contribution in [0.2, 0.25) is 0 Å². The molecule has 0 bridgehead atoms. The highest BCUT2D eigenvalue weighted by Crippen LogP contribution is 2.33. The Hall–Kier alpha value is -2.56. The zero-order valence-corrected chi connectivity index (χ0v) is 10.1. The quantitative estimate of drug-likeness (QED) is 0.350. The van der Waals surface area contributed by atoms with Crippen LogP contribution in [0.15, 0.2) is 42.2 Å². The van der Waals surface area contributed by atoms with Gasteiger partial charge in [0.05, 0.1) is 0 Å². The Morgan fingerprint density at radius 3 is 2.74 bits per heavy atom. The van der Waals surface area contributed by atoms with Gasteiger partial charge in [0.25, 0.3) is 6.29 Å². The van der Waals surface area contributed by atoms with Crippen molar-refractivity contribution in [3.8, 4) is 5.75 Å². The zero-order valence-electron chi connectivity index (χ0n) is 10.1. The van der Waals surface area contributed by atoms with E-state index in [0.29, 0.717) is 22.5 Å². The van der Waals surface area contributed by atoms with E-state index in [2.05, 4.69) is 0 Å². The third-order valence-corrected chi connectivity index (χ3v) is 2.85. The molecular weight excluding hydrogens is 248 g/mol. The number of hydrogen-bond acceptors (Lipinski definition) is 5. The number of benzene rings is 1. The van der Waals surface area contributed by atoms with Crippen molar-refractivity contribution in [2.75, 3.05) is 0 Å². The van der Waals surface area contributed by atoms with Gasteiger partial charge in [0, 0.05) is 17.2 Å². The molecule has 2 heterocycles. The lowest BCUT2D eigenvalue weighted by Crippen LogP contribution is -2.10. The molecule has 5 nitrogen and oxygen atoms in total. The van der Waals surface area contributed by atoms with Crippen LogP contribution in [-0.2, 0) is 19.1 Å². The second kappa shape index (κ2) is 4.28. The molecule has 0 aromatic heterocycles. The van der Waals surface area contributed by atoms with Crippen LogP contribution in [0.25, 0.3) is 5.57 Å². The zero-order chi connectivity index (χ0) is 13.4. The van der Waals surface area contributed by atoms with Gasteiger partial charge in [-0.1, -0.05) is 18.2 Å². The average molecular weight is 258 g/mol. The van der Waals surface area contributed by atoms with Gasteiger partial charge in [-0.3, -0.25) is 0 Å². The van der Waals surface area contributed by atoms with Crippen molar-refractivity contribution in [3.05, 3.63) is 47.7 Å².